The van der Waals surface area contributed by atoms with Crippen LogP contribution in [-0.2, 0) is 6.54 Å². The number of aryl methyl sites for hydroxylation is 1. The van der Waals surface area contributed by atoms with Gasteiger partial charge in [0.2, 0.25) is 0 Å². The minimum Gasteiger partial charge on any atom is -0.474 e. The lowest BCUT2D eigenvalue weighted by Gasteiger charge is -2.09. The summed E-state index contributed by atoms with van der Waals surface area (Å²) in [5, 5.41) is 3.29. The normalized spacial score (nSPS) is 10.8. The van der Waals surface area contributed by atoms with Gasteiger partial charge in [0, 0.05) is 25.0 Å². The molecule has 96 valence electrons. The third kappa shape index (κ3) is 4.56. The van der Waals surface area contributed by atoms with Gasteiger partial charge in [-0.3, -0.25) is 4.79 Å². The van der Waals surface area contributed by atoms with Crippen molar-refractivity contribution in [1.29, 1.82) is 0 Å². The van der Waals surface area contributed by atoms with Crippen LogP contribution in [0.2, 0.25) is 0 Å². The molecule has 0 atom stereocenters. The Morgan fingerprint density at radius 1 is 1.53 bits per heavy atom. The minimum absolute atomic E-state index is 0.160. The third-order valence-electron chi connectivity index (χ3n) is 2.34. The van der Waals surface area contributed by atoms with Crippen molar-refractivity contribution in [3.05, 3.63) is 22.7 Å². The maximum atomic E-state index is 11.7. The Balaban J connectivity index is 2.39. The highest BCUT2D eigenvalue weighted by Gasteiger charge is 2.04. The Bertz CT molecular complexity index is 388. The molecule has 1 rings (SSSR count). The van der Waals surface area contributed by atoms with Crippen LogP contribution >= 0.6 is 0 Å². The Labute approximate surface area is 102 Å². The summed E-state index contributed by atoms with van der Waals surface area (Å²) in [6, 6.07) is 0.474. The zero-order valence-electron chi connectivity index (χ0n) is 10.8. The minimum atomic E-state index is -0.160. The Morgan fingerprint density at radius 3 is 2.94 bits per heavy atom. The van der Waals surface area contributed by atoms with Crippen molar-refractivity contribution in [3.8, 4) is 5.88 Å². The fourth-order valence-electron chi connectivity index (χ4n) is 1.41. The van der Waals surface area contributed by atoms with E-state index >= 15 is 0 Å². The predicted molar refractivity (Wildman–Crippen MR) is 67.4 cm³/mol. The number of hydrogen-bond donors (Lipinski definition) is 1. The first-order valence-corrected chi connectivity index (χ1v) is 6.06. The first-order valence-electron chi connectivity index (χ1n) is 6.06. The number of hydrogen-bond acceptors (Lipinski definition) is 4. The molecule has 0 spiro atoms. The average Bonchev–Trinajstić information content (AvgIpc) is 2.30. The van der Waals surface area contributed by atoms with Crippen molar-refractivity contribution in [1.82, 2.24) is 14.9 Å². The molecular weight excluding hydrogens is 218 g/mol. The summed E-state index contributed by atoms with van der Waals surface area (Å²) >= 11 is 0. The molecule has 0 unspecified atom stereocenters. The van der Waals surface area contributed by atoms with E-state index in [1.54, 1.807) is 17.0 Å². The van der Waals surface area contributed by atoms with Gasteiger partial charge < -0.3 is 14.6 Å². The molecule has 1 aromatic rings. The number of aromatic nitrogens is 2. The smallest absolute Gasteiger partial charge is 0.313 e. The maximum absolute atomic E-state index is 11.7. The van der Waals surface area contributed by atoms with Crippen LogP contribution < -0.4 is 15.6 Å². The van der Waals surface area contributed by atoms with Crippen molar-refractivity contribution >= 4 is 0 Å². The standard InChI is InChI=1S/C12H21N3O2/c1-4-15-8-7-14-11(12(15)16)17-9-5-6-13-10(2)3/h7-8,10,13H,4-6,9H2,1-3H3. The van der Waals surface area contributed by atoms with E-state index in [0.717, 1.165) is 13.0 Å². The highest BCUT2D eigenvalue weighted by molar-refractivity contribution is 5.04. The molecule has 0 aromatic carbocycles. The van der Waals surface area contributed by atoms with Gasteiger partial charge in [-0.1, -0.05) is 13.8 Å². The van der Waals surface area contributed by atoms with Crippen LogP contribution in [0.5, 0.6) is 5.88 Å². The second-order valence-electron chi connectivity index (χ2n) is 4.13. The van der Waals surface area contributed by atoms with Gasteiger partial charge >= 0.3 is 5.56 Å². The van der Waals surface area contributed by atoms with Crippen molar-refractivity contribution in [2.75, 3.05) is 13.2 Å². The molecule has 0 aliphatic heterocycles. The number of ether oxygens (including phenoxy) is 1. The summed E-state index contributed by atoms with van der Waals surface area (Å²) in [5.74, 6) is 0.193. The van der Waals surface area contributed by atoms with Crippen LogP contribution in [0.15, 0.2) is 17.2 Å². The summed E-state index contributed by atoms with van der Waals surface area (Å²) in [7, 11) is 0. The summed E-state index contributed by atoms with van der Waals surface area (Å²) in [4.78, 5) is 15.7. The molecule has 17 heavy (non-hydrogen) atoms. The van der Waals surface area contributed by atoms with E-state index < -0.39 is 0 Å². The molecule has 0 aliphatic rings. The SMILES string of the molecule is CCn1ccnc(OCCCNC(C)C)c1=O. The molecule has 0 saturated carbocycles. The first-order chi connectivity index (χ1) is 8.15. The molecule has 5 heteroatoms. The summed E-state index contributed by atoms with van der Waals surface area (Å²) in [6.45, 7) is 8.13. The quantitative estimate of drug-likeness (QED) is 0.722. The molecule has 0 radical (unpaired) electrons. The van der Waals surface area contributed by atoms with Gasteiger partial charge in [0.15, 0.2) is 0 Å². The highest BCUT2D eigenvalue weighted by Crippen LogP contribution is 1.97. The Kier molecular flexibility index (Phi) is 5.69. The summed E-state index contributed by atoms with van der Waals surface area (Å²) in [5.41, 5.74) is -0.160. The van der Waals surface area contributed by atoms with Crippen LogP contribution in [0.25, 0.3) is 0 Å². The van der Waals surface area contributed by atoms with Gasteiger partial charge in [0.05, 0.1) is 6.61 Å². The Hall–Kier alpha value is -1.36. The van der Waals surface area contributed by atoms with Gasteiger partial charge in [-0.15, -0.1) is 0 Å². The van der Waals surface area contributed by atoms with Crippen LogP contribution in [-0.4, -0.2) is 28.7 Å². The van der Waals surface area contributed by atoms with Crippen molar-refractivity contribution < 1.29 is 4.74 Å². The number of nitrogens with one attached hydrogen (secondary N) is 1. The van der Waals surface area contributed by atoms with Crippen LogP contribution in [0.1, 0.15) is 27.2 Å². The molecule has 1 aromatic heterocycles. The van der Waals surface area contributed by atoms with Gasteiger partial charge in [-0.25, -0.2) is 4.98 Å². The van der Waals surface area contributed by atoms with E-state index in [9.17, 15) is 4.79 Å². The van der Waals surface area contributed by atoms with E-state index in [1.165, 1.54) is 0 Å². The fourth-order valence-corrected chi connectivity index (χ4v) is 1.41. The fraction of sp³-hybridized carbons (Fsp3) is 0.667. The molecule has 0 fully saturated rings. The molecule has 1 N–H and O–H groups in total. The van der Waals surface area contributed by atoms with Crippen LogP contribution in [0.4, 0.5) is 0 Å². The van der Waals surface area contributed by atoms with Gasteiger partial charge in [0.1, 0.15) is 0 Å². The van der Waals surface area contributed by atoms with Gasteiger partial charge in [0.25, 0.3) is 5.88 Å². The summed E-state index contributed by atoms with van der Waals surface area (Å²) in [6.07, 6.45) is 4.11. The molecule has 1 heterocycles. The van der Waals surface area contributed by atoms with E-state index in [1.807, 2.05) is 6.92 Å². The molecule has 0 saturated heterocycles. The first kappa shape index (κ1) is 13.7. The highest BCUT2D eigenvalue weighted by atomic mass is 16.5. The molecule has 0 amide bonds. The zero-order valence-corrected chi connectivity index (χ0v) is 10.8. The van der Waals surface area contributed by atoms with Gasteiger partial charge in [-0.05, 0) is 19.9 Å². The molecular formula is C12H21N3O2. The van der Waals surface area contributed by atoms with E-state index in [2.05, 4.69) is 24.1 Å². The topological polar surface area (TPSA) is 56.1 Å². The Morgan fingerprint density at radius 2 is 2.29 bits per heavy atom. The average molecular weight is 239 g/mol. The van der Waals surface area contributed by atoms with E-state index in [0.29, 0.717) is 19.2 Å². The second kappa shape index (κ2) is 7.06. The summed E-state index contributed by atoms with van der Waals surface area (Å²) < 4.78 is 6.95. The van der Waals surface area contributed by atoms with Crippen molar-refractivity contribution in [3.63, 3.8) is 0 Å². The maximum Gasteiger partial charge on any atom is 0.313 e. The number of rotatable bonds is 7. The van der Waals surface area contributed by atoms with Crippen molar-refractivity contribution in [2.24, 2.45) is 0 Å². The number of nitrogens with zero attached hydrogens (tertiary/aromatic N) is 2. The van der Waals surface area contributed by atoms with Crippen molar-refractivity contribution in [2.45, 2.75) is 39.8 Å². The molecule has 0 aliphatic carbocycles. The lowest BCUT2D eigenvalue weighted by atomic mass is 10.3. The third-order valence-corrected chi connectivity index (χ3v) is 2.34. The second-order valence-corrected chi connectivity index (χ2v) is 4.13. The van der Waals surface area contributed by atoms with Gasteiger partial charge in [-0.2, -0.15) is 0 Å². The monoisotopic (exact) mass is 239 g/mol. The molecule has 5 nitrogen and oxygen atoms in total. The predicted octanol–water partition coefficient (Wildman–Crippen LogP) is 1.03. The van der Waals surface area contributed by atoms with E-state index in [-0.39, 0.29) is 11.4 Å². The molecule has 0 bridgehead atoms. The van der Waals surface area contributed by atoms with Crippen LogP contribution in [0, 0.1) is 0 Å². The lowest BCUT2D eigenvalue weighted by Crippen LogP contribution is -2.26. The lowest BCUT2D eigenvalue weighted by molar-refractivity contribution is 0.288. The van der Waals surface area contributed by atoms with Crippen LogP contribution in [0.3, 0.4) is 0 Å². The van der Waals surface area contributed by atoms with E-state index in [4.69, 9.17) is 4.74 Å². The zero-order chi connectivity index (χ0) is 12.7. The largest absolute Gasteiger partial charge is 0.474 e.